The van der Waals surface area contributed by atoms with E-state index in [9.17, 15) is 14.4 Å². The van der Waals surface area contributed by atoms with Crippen LogP contribution < -0.4 is 10.2 Å². The summed E-state index contributed by atoms with van der Waals surface area (Å²) in [6.07, 6.45) is 0.363. The zero-order valence-corrected chi connectivity index (χ0v) is 20.5. The Morgan fingerprint density at radius 2 is 1.79 bits per heavy atom. The number of carbonyl (C=O) groups is 2. The molecule has 3 aromatic rings. The lowest BCUT2D eigenvalue weighted by molar-refractivity contribution is -0.148. The van der Waals surface area contributed by atoms with Crippen LogP contribution in [0, 0.1) is 0 Å². The van der Waals surface area contributed by atoms with Crippen molar-refractivity contribution in [1.82, 2.24) is 0 Å². The minimum absolute atomic E-state index is 0.0526. The second-order valence-corrected chi connectivity index (χ2v) is 8.40. The third kappa shape index (κ3) is 6.96. The van der Waals surface area contributed by atoms with E-state index in [1.807, 2.05) is 0 Å². The number of ketones is 1. The SMILES string of the molecule is CCOC(=O)COCCOc1cc(Cl)ccc1CCC(=O)c1cc(=O)c2cc(Cl)cc(Cl)c2o1. The Morgan fingerprint density at radius 3 is 2.56 bits per heavy atom. The molecule has 0 saturated heterocycles. The molecule has 1 heterocycles. The highest BCUT2D eigenvalue weighted by atomic mass is 35.5. The van der Waals surface area contributed by atoms with Gasteiger partial charge in [-0.25, -0.2) is 4.79 Å². The van der Waals surface area contributed by atoms with Crippen LogP contribution in [0.2, 0.25) is 15.1 Å². The van der Waals surface area contributed by atoms with Crippen molar-refractivity contribution in [3.8, 4) is 5.75 Å². The van der Waals surface area contributed by atoms with Crippen LogP contribution in [0.5, 0.6) is 5.75 Å². The fourth-order valence-corrected chi connectivity index (χ4v) is 3.82. The van der Waals surface area contributed by atoms with Crippen molar-refractivity contribution in [3.63, 3.8) is 0 Å². The van der Waals surface area contributed by atoms with Gasteiger partial charge in [0.15, 0.2) is 22.6 Å². The highest BCUT2D eigenvalue weighted by molar-refractivity contribution is 6.38. The monoisotopic (exact) mass is 526 g/mol. The van der Waals surface area contributed by atoms with Crippen LogP contribution in [0.15, 0.2) is 45.6 Å². The lowest BCUT2D eigenvalue weighted by Gasteiger charge is -2.12. The fraction of sp³-hybridized carbons (Fsp3) is 0.292. The van der Waals surface area contributed by atoms with Crippen molar-refractivity contribution < 1.29 is 28.2 Å². The van der Waals surface area contributed by atoms with Gasteiger partial charge >= 0.3 is 5.97 Å². The maximum Gasteiger partial charge on any atom is 0.332 e. The lowest BCUT2D eigenvalue weighted by Crippen LogP contribution is -2.16. The van der Waals surface area contributed by atoms with Crippen molar-refractivity contribution in [2.75, 3.05) is 26.4 Å². The average molecular weight is 528 g/mol. The molecule has 3 rings (SSSR count). The van der Waals surface area contributed by atoms with Gasteiger partial charge in [-0.15, -0.1) is 0 Å². The number of hydrogen-bond acceptors (Lipinski definition) is 7. The molecule has 34 heavy (non-hydrogen) atoms. The molecule has 0 amide bonds. The number of hydrogen-bond donors (Lipinski definition) is 0. The Balaban J connectivity index is 1.64. The van der Waals surface area contributed by atoms with Gasteiger partial charge in [-0.3, -0.25) is 9.59 Å². The van der Waals surface area contributed by atoms with Crippen LogP contribution in [0.1, 0.15) is 29.5 Å². The summed E-state index contributed by atoms with van der Waals surface area (Å²) in [5.74, 6) is -0.430. The van der Waals surface area contributed by atoms with E-state index < -0.39 is 11.4 Å². The van der Waals surface area contributed by atoms with E-state index >= 15 is 0 Å². The lowest BCUT2D eigenvalue weighted by atomic mass is 10.0. The van der Waals surface area contributed by atoms with Crippen molar-refractivity contribution in [2.45, 2.75) is 19.8 Å². The summed E-state index contributed by atoms with van der Waals surface area (Å²) in [6.45, 7) is 2.16. The standard InChI is InChI=1S/C24H21Cl3O7/c1-2-32-23(30)13-31-7-8-33-21-11-15(25)5-3-14(21)4-6-19(28)22-12-20(29)17-9-16(26)10-18(27)24(17)34-22/h3,5,9-12H,2,4,6-8,13H2,1H3. The van der Waals surface area contributed by atoms with E-state index in [1.54, 1.807) is 25.1 Å². The molecule has 0 unspecified atom stereocenters. The first-order valence-electron chi connectivity index (χ1n) is 10.4. The van der Waals surface area contributed by atoms with Gasteiger partial charge in [-0.05, 0) is 43.2 Å². The molecule has 0 aliphatic rings. The van der Waals surface area contributed by atoms with E-state index in [2.05, 4.69) is 0 Å². The molecule has 0 bridgehead atoms. The smallest absolute Gasteiger partial charge is 0.332 e. The molecule has 0 spiro atoms. The third-order valence-electron chi connectivity index (χ3n) is 4.68. The number of fused-ring (bicyclic) bond motifs is 1. The second-order valence-electron chi connectivity index (χ2n) is 7.12. The molecular weight excluding hydrogens is 507 g/mol. The van der Waals surface area contributed by atoms with Gasteiger partial charge in [0.1, 0.15) is 19.0 Å². The number of halogens is 3. The molecule has 2 aromatic carbocycles. The Kier molecular flexibility index (Phi) is 9.36. The third-order valence-corrected chi connectivity index (χ3v) is 5.42. The maximum absolute atomic E-state index is 12.8. The van der Waals surface area contributed by atoms with Gasteiger partial charge in [0, 0.05) is 22.5 Å². The van der Waals surface area contributed by atoms with Crippen molar-refractivity contribution >= 4 is 57.5 Å². The summed E-state index contributed by atoms with van der Waals surface area (Å²) in [7, 11) is 0. The van der Waals surface area contributed by atoms with Crippen LogP contribution >= 0.6 is 34.8 Å². The zero-order chi connectivity index (χ0) is 24.7. The Hall–Kier alpha value is -2.58. The molecule has 0 aliphatic carbocycles. The first-order valence-corrected chi connectivity index (χ1v) is 11.5. The molecule has 1 aromatic heterocycles. The molecule has 0 N–H and O–H groups in total. The van der Waals surface area contributed by atoms with Crippen LogP contribution in [-0.2, 0) is 20.7 Å². The topological polar surface area (TPSA) is 92.0 Å². The Morgan fingerprint density at radius 1 is 1.00 bits per heavy atom. The summed E-state index contributed by atoms with van der Waals surface area (Å²) in [6, 6.07) is 9.09. The number of benzene rings is 2. The van der Waals surface area contributed by atoms with Crippen molar-refractivity contribution in [3.05, 3.63) is 73.0 Å². The van der Waals surface area contributed by atoms with Gasteiger partial charge in [-0.1, -0.05) is 40.9 Å². The molecule has 0 radical (unpaired) electrons. The maximum atomic E-state index is 12.8. The van der Waals surface area contributed by atoms with Gasteiger partial charge < -0.3 is 18.6 Å². The van der Waals surface area contributed by atoms with E-state index in [1.165, 1.54) is 12.1 Å². The Labute approximate surface area is 210 Å². The van der Waals surface area contributed by atoms with Gasteiger partial charge in [0.2, 0.25) is 0 Å². The molecule has 0 aliphatic heterocycles. The number of carbonyl (C=O) groups excluding carboxylic acids is 2. The fourth-order valence-electron chi connectivity index (χ4n) is 3.13. The molecular formula is C24H21Cl3O7. The molecule has 180 valence electrons. The van der Waals surface area contributed by atoms with Gasteiger partial charge in [0.05, 0.1) is 23.6 Å². The quantitative estimate of drug-likeness (QED) is 0.184. The van der Waals surface area contributed by atoms with Crippen LogP contribution in [0.3, 0.4) is 0 Å². The minimum atomic E-state index is -0.450. The summed E-state index contributed by atoms with van der Waals surface area (Å²) in [5, 5.41) is 1.11. The first-order chi connectivity index (χ1) is 16.3. The number of esters is 1. The largest absolute Gasteiger partial charge is 0.491 e. The normalized spacial score (nSPS) is 10.9. The molecule has 7 nitrogen and oxygen atoms in total. The predicted octanol–water partition coefficient (Wildman–Crippen LogP) is 5.53. The molecule has 10 heteroatoms. The van der Waals surface area contributed by atoms with E-state index in [0.717, 1.165) is 11.6 Å². The van der Waals surface area contributed by atoms with Gasteiger partial charge in [-0.2, -0.15) is 0 Å². The minimum Gasteiger partial charge on any atom is -0.491 e. The number of Topliss-reactive ketones (excluding diaryl/α,β-unsaturated/α-hetero) is 1. The molecule has 0 saturated carbocycles. The highest BCUT2D eigenvalue weighted by Gasteiger charge is 2.16. The van der Waals surface area contributed by atoms with Crippen LogP contribution in [-0.4, -0.2) is 38.2 Å². The van der Waals surface area contributed by atoms with E-state index in [-0.39, 0.29) is 60.4 Å². The molecule has 0 fully saturated rings. The predicted molar refractivity (Wildman–Crippen MR) is 130 cm³/mol. The first kappa shape index (κ1) is 26.0. The van der Waals surface area contributed by atoms with E-state index in [4.69, 9.17) is 53.4 Å². The summed E-state index contributed by atoms with van der Waals surface area (Å²) in [5.41, 5.74) is 0.434. The Bertz CT molecular complexity index is 1250. The van der Waals surface area contributed by atoms with E-state index in [0.29, 0.717) is 22.2 Å². The summed E-state index contributed by atoms with van der Waals surface area (Å²) in [4.78, 5) is 36.5. The number of ether oxygens (including phenoxy) is 3. The van der Waals surface area contributed by atoms with Crippen LogP contribution in [0.4, 0.5) is 0 Å². The number of rotatable bonds is 11. The highest BCUT2D eigenvalue weighted by Crippen LogP contribution is 2.28. The van der Waals surface area contributed by atoms with Crippen LogP contribution in [0.25, 0.3) is 11.0 Å². The van der Waals surface area contributed by atoms with Gasteiger partial charge in [0.25, 0.3) is 0 Å². The van der Waals surface area contributed by atoms with Crippen molar-refractivity contribution in [2.24, 2.45) is 0 Å². The zero-order valence-electron chi connectivity index (χ0n) is 18.2. The average Bonchev–Trinajstić information content (AvgIpc) is 2.78. The summed E-state index contributed by atoms with van der Waals surface area (Å²) >= 11 is 18.2. The van der Waals surface area contributed by atoms with Crippen molar-refractivity contribution in [1.29, 1.82) is 0 Å². The molecule has 0 atom stereocenters. The number of aryl methyl sites for hydroxylation is 1. The summed E-state index contributed by atoms with van der Waals surface area (Å²) < 4.78 is 21.3. The second kappa shape index (κ2) is 12.2.